The van der Waals surface area contributed by atoms with Crippen LogP contribution in [-0.2, 0) is 4.79 Å². The molecule has 1 saturated heterocycles. The zero-order chi connectivity index (χ0) is 9.59. The van der Waals surface area contributed by atoms with E-state index in [1.807, 2.05) is 6.92 Å². The van der Waals surface area contributed by atoms with Crippen molar-refractivity contribution in [1.82, 2.24) is 5.32 Å². The van der Waals surface area contributed by atoms with Crippen molar-refractivity contribution in [2.24, 2.45) is 17.8 Å². The van der Waals surface area contributed by atoms with Crippen LogP contribution in [0.4, 0.5) is 0 Å². The van der Waals surface area contributed by atoms with Gasteiger partial charge in [0, 0.05) is 12.0 Å². The molecule has 2 aliphatic rings. The molecule has 4 unspecified atom stereocenters. The first kappa shape index (κ1) is 8.95. The van der Waals surface area contributed by atoms with Gasteiger partial charge in [-0.2, -0.15) is 0 Å². The van der Waals surface area contributed by atoms with Crippen molar-refractivity contribution >= 4 is 5.78 Å². The first-order valence-electron chi connectivity index (χ1n) is 5.07. The fraction of sp³-hybridized carbons (Fsp3) is 0.727. The summed E-state index contributed by atoms with van der Waals surface area (Å²) in [6.07, 6.45) is 2.11. The molecule has 72 valence electrons. The van der Waals surface area contributed by atoms with Crippen LogP contribution in [0.15, 0.2) is 11.6 Å². The average Bonchev–Trinajstić information content (AvgIpc) is 2.43. The maximum Gasteiger partial charge on any atom is 0.161 e. The molecule has 13 heavy (non-hydrogen) atoms. The van der Waals surface area contributed by atoms with Crippen molar-refractivity contribution in [3.05, 3.63) is 11.6 Å². The topological polar surface area (TPSA) is 29.1 Å². The van der Waals surface area contributed by atoms with Crippen LogP contribution in [-0.4, -0.2) is 18.4 Å². The lowest BCUT2D eigenvalue weighted by Gasteiger charge is -2.30. The predicted octanol–water partition coefficient (Wildman–Crippen LogP) is 1.38. The van der Waals surface area contributed by atoms with Crippen LogP contribution >= 0.6 is 0 Å². The highest BCUT2D eigenvalue weighted by Crippen LogP contribution is 2.35. The van der Waals surface area contributed by atoms with Gasteiger partial charge in [0.15, 0.2) is 5.78 Å². The van der Waals surface area contributed by atoms with E-state index in [9.17, 15) is 4.79 Å². The highest BCUT2D eigenvalue weighted by Gasteiger charge is 2.41. The van der Waals surface area contributed by atoms with Crippen LogP contribution in [0.25, 0.3) is 0 Å². The number of carbonyl (C=O) groups excluding carboxylic acids is 1. The summed E-state index contributed by atoms with van der Waals surface area (Å²) in [5, 5.41) is 3.46. The first-order valence-corrected chi connectivity index (χ1v) is 5.07. The molecule has 4 atom stereocenters. The lowest BCUT2D eigenvalue weighted by atomic mass is 9.74. The molecule has 0 saturated carbocycles. The van der Waals surface area contributed by atoms with Crippen LogP contribution in [0, 0.1) is 17.8 Å². The van der Waals surface area contributed by atoms with Crippen molar-refractivity contribution in [1.29, 1.82) is 0 Å². The minimum Gasteiger partial charge on any atom is -0.310 e. The Balaban J connectivity index is 2.32. The van der Waals surface area contributed by atoms with Crippen molar-refractivity contribution in [3.8, 4) is 0 Å². The summed E-state index contributed by atoms with van der Waals surface area (Å²) in [4.78, 5) is 11.7. The molecule has 1 N–H and O–H groups in total. The first-order chi connectivity index (χ1) is 6.11. The van der Waals surface area contributed by atoms with Gasteiger partial charge >= 0.3 is 0 Å². The SMILES string of the molecule is CC1=CC2NCC(C)C2C(C)C1=O. The number of hydrogen-bond acceptors (Lipinski definition) is 2. The lowest BCUT2D eigenvalue weighted by molar-refractivity contribution is -0.121. The molecule has 0 aromatic carbocycles. The number of hydrogen-bond donors (Lipinski definition) is 1. The van der Waals surface area contributed by atoms with Crippen molar-refractivity contribution in [3.63, 3.8) is 0 Å². The zero-order valence-electron chi connectivity index (χ0n) is 8.50. The average molecular weight is 179 g/mol. The van der Waals surface area contributed by atoms with Crippen LogP contribution in [0.3, 0.4) is 0 Å². The summed E-state index contributed by atoms with van der Waals surface area (Å²) in [6.45, 7) is 7.28. The number of rotatable bonds is 0. The van der Waals surface area contributed by atoms with Crippen molar-refractivity contribution < 1.29 is 4.79 Å². The number of carbonyl (C=O) groups is 1. The Hall–Kier alpha value is -0.630. The molecule has 0 bridgehead atoms. The monoisotopic (exact) mass is 179 g/mol. The van der Waals surface area contributed by atoms with Gasteiger partial charge in [0.1, 0.15) is 0 Å². The molecule has 1 aliphatic heterocycles. The molecule has 2 nitrogen and oxygen atoms in total. The van der Waals surface area contributed by atoms with E-state index in [1.54, 1.807) is 0 Å². The summed E-state index contributed by atoms with van der Waals surface area (Å²) in [5.74, 6) is 1.71. The van der Waals surface area contributed by atoms with E-state index in [0.717, 1.165) is 12.1 Å². The molecule has 1 aliphatic carbocycles. The minimum atomic E-state index is 0.208. The molecule has 2 rings (SSSR count). The van der Waals surface area contributed by atoms with E-state index in [4.69, 9.17) is 0 Å². The Morgan fingerprint density at radius 1 is 1.46 bits per heavy atom. The van der Waals surface area contributed by atoms with Crippen LogP contribution in [0.1, 0.15) is 20.8 Å². The molecule has 0 aromatic rings. The van der Waals surface area contributed by atoms with Gasteiger partial charge in [-0.3, -0.25) is 4.79 Å². The predicted molar refractivity (Wildman–Crippen MR) is 52.4 cm³/mol. The maximum absolute atomic E-state index is 11.7. The summed E-state index contributed by atoms with van der Waals surface area (Å²) in [7, 11) is 0. The Morgan fingerprint density at radius 3 is 2.85 bits per heavy atom. The summed E-state index contributed by atoms with van der Waals surface area (Å²) in [6, 6.07) is 0.447. The molecular formula is C11H17NO. The number of Topliss-reactive ketones (excluding diaryl/α,β-unsaturated/α-hetero) is 1. The summed E-state index contributed by atoms with van der Waals surface area (Å²) < 4.78 is 0. The fourth-order valence-electron chi connectivity index (χ4n) is 2.81. The Morgan fingerprint density at radius 2 is 2.15 bits per heavy atom. The molecule has 0 radical (unpaired) electrons. The van der Waals surface area contributed by atoms with E-state index in [1.165, 1.54) is 0 Å². The second-order valence-corrected chi connectivity index (χ2v) is 4.49. The molecule has 0 aromatic heterocycles. The number of allylic oxidation sites excluding steroid dienone is 1. The second kappa shape index (κ2) is 2.95. The summed E-state index contributed by atoms with van der Waals surface area (Å²) >= 11 is 0. The van der Waals surface area contributed by atoms with Gasteiger partial charge in [0.05, 0.1) is 0 Å². The molecule has 1 fully saturated rings. The standard InChI is InChI=1S/C11H17NO/c1-6-4-9-10(7(2)5-12-9)8(3)11(6)13/h4,7-10,12H,5H2,1-3H3. The number of ketones is 1. The largest absolute Gasteiger partial charge is 0.310 e. The zero-order valence-corrected chi connectivity index (χ0v) is 8.50. The quantitative estimate of drug-likeness (QED) is 0.608. The molecular weight excluding hydrogens is 162 g/mol. The third-order valence-corrected chi connectivity index (χ3v) is 3.56. The van der Waals surface area contributed by atoms with Crippen molar-refractivity contribution in [2.75, 3.05) is 6.54 Å². The molecule has 0 amide bonds. The van der Waals surface area contributed by atoms with E-state index in [2.05, 4.69) is 25.2 Å². The third-order valence-electron chi connectivity index (χ3n) is 3.56. The van der Waals surface area contributed by atoms with E-state index < -0.39 is 0 Å². The van der Waals surface area contributed by atoms with Gasteiger partial charge in [0.25, 0.3) is 0 Å². The van der Waals surface area contributed by atoms with E-state index in [-0.39, 0.29) is 5.92 Å². The Bertz CT molecular complexity index is 269. The van der Waals surface area contributed by atoms with E-state index in [0.29, 0.717) is 23.7 Å². The second-order valence-electron chi connectivity index (χ2n) is 4.49. The smallest absolute Gasteiger partial charge is 0.161 e. The Labute approximate surface area is 79.4 Å². The van der Waals surface area contributed by atoms with Gasteiger partial charge in [-0.15, -0.1) is 0 Å². The Kier molecular flexibility index (Phi) is 2.03. The van der Waals surface area contributed by atoms with Gasteiger partial charge in [-0.1, -0.05) is 19.9 Å². The number of nitrogens with one attached hydrogen (secondary N) is 1. The van der Waals surface area contributed by atoms with Crippen LogP contribution in [0.2, 0.25) is 0 Å². The van der Waals surface area contributed by atoms with Crippen LogP contribution < -0.4 is 5.32 Å². The van der Waals surface area contributed by atoms with Crippen molar-refractivity contribution in [2.45, 2.75) is 26.8 Å². The lowest BCUT2D eigenvalue weighted by Crippen LogP contribution is -2.38. The van der Waals surface area contributed by atoms with Gasteiger partial charge < -0.3 is 5.32 Å². The minimum absolute atomic E-state index is 0.208. The van der Waals surface area contributed by atoms with Gasteiger partial charge in [-0.25, -0.2) is 0 Å². The molecule has 1 heterocycles. The highest BCUT2D eigenvalue weighted by molar-refractivity contribution is 5.97. The van der Waals surface area contributed by atoms with Crippen LogP contribution in [0.5, 0.6) is 0 Å². The van der Waals surface area contributed by atoms with Gasteiger partial charge in [0.2, 0.25) is 0 Å². The van der Waals surface area contributed by atoms with E-state index >= 15 is 0 Å². The fourth-order valence-corrected chi connectivity index (χ4v) is 2.81. The number of fused-ring (bicyclic) bond motifs is 1. The molecule has 0 spiro atoms. The highest BCUT2D eigenvalue weighted by atomic mass is 16.1. The van der Waals surface area contributed by atoms with Gasteiger partial charge in [-0.05, 0) is 30.9 Å². The molecule has 2 heteroatoms. The summed E-state index contributed by atoms with van der Waals surface area (Å²) in [5.41, 5.74) is 0.940. The maximum atomic E-state index is 11.7. The normalized spacial score (nSPS) is 44.5. The third kappa shape index (κ3) is 1.24.